The third-order valence-corrected chi connectivity index (χ3v) is 8.15. The summed E-state index contributed by atoms with van der Waals surface area (Å²) in [5.74, 6) is -0.490. The van der Waals surface area contributed by atoms with Crippen LogP contribution in [0.25, 0.3) is 0 Å². The molecule has 4 aromatic carbocycles. The minimum absolute atomic E-state index is 0.0865. The van der Waals surface area contributed by atoms with Gasteiger partial charge >= 0.3 is 0 Å². The van der Waals surface area contributed by atoms with Crippen LogP contribution in [-0.2, 0) is 40.1 Å². The van der Waals surface area contributed by atoms with Gasteiger partial charge in [-0.15, -0.1) is 0 Å². The summed E-state index contributed by atoms with van der Waals surface area (Å²) in [6, 6.07) is 29.1. The monoisotopic (exact) mass is 511 g/mol. The number of hydrogen-bond donors (Lipinski definition) is 2. The predicted octanol–water partition coefficient (Wildman–Crippen LogP) is 3.64. The summed E-state index contributed by atoms with van der Waals surface area (Å²) in [7, 11) is -3.89. The molecule has 3 N–H and O–H groups in total. The number of rotatable bonds is 5. The Morgan fingerprint density at radius 3 is 2.03 bits per heavy atom. The molecule has 4 aromatic rings. The number of primary sulfonamides is 1. The normalized spacial score (nSPS) is 18.7. The van der Waals surface area contributed by atoms with Gasteiger partial charge in [0, 0.05) is 24.3 Å². The highest BCUT2D eigenvalue weighted by atomic mass is 32.2. The van der Waals surface area contributed by atoms with E-state index in [9.17, 15) is 18.3 Å². The summed E-state index contributed by atoms with van der Waals surface area (Å²) in [4.78, 5) is 17.5. The fraction of sp³-hybridized carbons (Fsp3) is 0.138. The second kappa shape index (κ2) is 8.55. The summed E-state index contributed by atoms with van der Waals surface area (Å²) in [5.41, 5.74) is 4.12. The number of carbonyl (C=O) groups is 1. The molecular formula is C29H25N3O4S. The van der Waals surface area contributed by atoms with E-state index in [1.165, 1.54) is 35.4 Å². The number of nitrogens with zero attached hydrogens (tertiary/aromatic N) is 2. The molecule has 186 valence electrons. The maximum atomic E-state index is 13.7. The summed E-state index contributed by atoms with van der Waals surface area (Å²) in [6.45, 7) is 2.02. The van der Waals surface area contributed by atoms with Crippen molar-refractivity contribution < 1.29 is 18.3 Å². The van der Waals surface area contributed by atoms with E-state index in [2.05, 4.69) is 41.3 Å². The van der Waals surface area contributed by atoms with Crippen LogP contribution in [0.1, 0.15) is 27.8 Å². The highest BCUT2D eigenvalue weighted by Crippen LogP contribution is 2.45. The minimum Gasteiger partial charge on any atom is -0.372 e. The van der Waals surface area contributed by atoms with Crippen molar-refractivity contribution in [3.05, 3.63) is 125 Å². The molecule has 7 nitrogen and oxygen atoms in total. The van der Waals surface area contributed by atoms with E-state index in [1.807, 2.05) is 18.2 Å². The largest absolute Gasteiger partial charge is 0.372 e. The third kappa shape index (κ3) is 3.90. The quantitative estimate of drug-likeness (QED) is 0.426. The highest BCUT2D eigenvalue weighted by Gasteiger charge is 2.50. The van der Waals surface area contributed by atoms with Gasteiger partial charge in [-0.3, -0.25) is 4.79 Å². The van der Waals surface area contributed by atoms with Gasteiger partial charge in [-0.2, -0.15) is 0 Å². The zero-order valence-electron chi connectivity index (χ0n) is 19.9. The van der Waals surface area contributed by atoms with Gasteiger partial charge in [0.25, 0.3) is 5.91 Å². The zero-order valence-corrected chi connectivity index (χ0v) is 20.7. The lowest BCUT2D eigenvalue weighted by Crippen LogP contribution is -2.40. The van der Waals surface area contributed by atoms with Crippen LogP contribution in [0.4, 0.5) is 11.4 Å². The summed E-state index contributed by atoms with van der Waals surface area (Å²) in [6.07, 6.45) is 0. The van der Waals surface area contributed by atoms with Gasteiger partial charge in [0.05, 0.1) is 17.1 Å². The predicted molar refractivity (Wildman–Crippen MR) is 141 cm³/mol. The van der Waals surface area contributed by atoms with Crippen LogP contribution in [0, 0.1) is 0 Å². The number of sulfonamides is 1. The molecule has 2 heterocycles. The van der Waals surface area contributed by atoms with E-state index in [1.54, 1.807) is 23.1 Å². The van der Waals surface area contributed by atoms with Crippen molar-refractivity contribution in [3.8, 4) is 0 Å². The van der Waals surface area contributed by atoms with Crippen LogP contribution in [0.3, 0.4) is 0 Å². The Hall–Kier alpha value is -3.98. The Morgan fingerprint density at radius 1 is 0.811 bits per heavy atom. The first-order valence-electron chi connectivity index (χ1n) is 11.9. The first kappa shape index (κ1) is 23.4. The van der Waals surface area contributed by atoms with Gasteiger partial charge < -0.3 is 14.9 Å². The van der Waals surface area contributed by atoms with Crippen LogP contribution >= 0.6 is 0 Å². The summed E-state index contributed by atoms with van der Waals surface area (Å²) >= 11 is 0. The molecular weight excluding hydrogens is 486 g/mol. The van der Waals surface area contributed by atoms with Gasteiger partial charge in [-0.1, -0.05) is 66.7 Å². The molecule has 8 heteroatoms. The van der Waals surface area contributed by atoms with E-state index < -0.39 is 21.5 Å². The highest BCUT2D eigenvalue weighted by molar-refractivity contribution is 7.89. The minimum atomic E-state index is -3.89. The number of carbonyl (C=O) groups excluding carboxylic acids is 1. The molecule has 0 saturated carbocycles. The summed E-state index contributed by atoms with van der Waals surface area (Å²) in [5, 5.41) is 16.9. The summed E-state index contributed by atoms with van der Waals surface area (Å²) < 4.78 is 23.3. The van der Waals surface area contributed by atoms with Gasteiger partial charge in [0.1, 0.15) is 0 Å². The van der Waals surface area contributed by atoms with Gasteiger partial charge in [0.2, 0.25) is 10.0 Å². The number of fused-ring (bicyclic) bond motifs is 2. The molecule has 0 radical (unpaired) electrons. The SMILES string of the molecule is NS(=O)(=O)c1ccc(C2(O)C(=O)N(Cc3ccc(N4Cc5ccccc5C4)cc3)c3ccccc32)cc1. The van der Waals surface area contributed by atoms with Crippen molar-refractivity contribution in [1.29, 1.82) is 0 Å². The van der Waals surface area contributed by atoms with E-state index in [-0.39, 0.29) is 17.0 Å². The van der Waals surface area contributed by atoms with Gasteiger partial charge in [0.15, 0.2) is 5.60 Å². The zero-order chi connectivity index (χ0) is 25.8. The van der Waals surface area contributed by atoms with Gasteiger partial charge in [-0.25, -0.2) is 13.6 Å². The maximum Gasteiger partial charge on any atom is 0.268 e. The van der Waals surface area contributed by atoms with Crippen LogP contribution < -0.4 is 14.9 Å². The molecule has 0 aliphatic carbocycles. The van der Waals surface area contributed by atoms with Crippen LogP contribution in [0.2, 0.25) is 0 Å². The van der Waals surface area contributed by atoms with Crippen molar-refractivity contribution in [1.82, 2.24) is 0 Å². The first-order chi connectivity index (χ1) is 17.7. The molecule has 1 unspecified atom stereocenters. The number of hydrogen-bond acceptors (Lipinski definition) is 5. The molecule has 1 amide bonds. The Morgan fingerprint density at radius 2 is 1.41 bits per heavy atom. The molecule has 2 aliphatic rings. The van der Waals surface area contributed by atoms with E-state index in [0.29, 0.717) is 11.3 Å². The molecule has 0 spiro atoms. The average molecular weight is 512 g/mol. The number of amides is 1. The first-order valence-corrected chi connectivity index (χ1v) is 13.5. The number of benzene rings is 4. The smallest absolute Gasteiger partial charge is 0.268 e. The van der Waals surface area contributed by atoms with Crippen LogP contribution in [0.5, 0.6) is 0 Å². The molecule has 0 saturated heterocycles. The fourth-order valence-corrected chi connectivity index (χ4v) is 5.78. The van der Waals surface area contributed by atoms with E-state index >= 15 is 0 Å². The molecule has 2 aliphatic heterocycles. The molecule has 1 atom stereocenters. The van der Waals surface area contributed by atoms with Crippen molar-refractivity contribution >= 4 is 27.3 Å². The Labute approximate surface area is 215 Å². The lowest BCUT2D eigenvalue weighted by atomic mass is 9.87. The maximum absolute atomic E-state index is 13.7. The lowest BCUT2D eigenvalue weighted by Gasteiger charge is -2.24. The molecule has 0 bridgehead atoms. The second-order valence-electron chi connectivity index (χ2n) is 9.48. The Balaban J connectivity index is 1.27. The second-order valence-corrected chi connectivity index (χ2v) is 11.0. The number of aliphatic hydroxyl groups is 1. The average Bonchev–Trinajstić information content (AvgIpc) is 3.43. The number of para-hydroxylation sites is 1. The van der Waals surface area contributed by atoms with Crippen molar-refractivity contribution in [2.24, 2.45) is 5.14 Å². The van der Waals surface area contributed by atoms with Crippen LogP contribution in [-0.4, -0.2) is 19.4 Å². The van der Waals surface area contributed by atoms with Crippen molar-refractivity contribution in [2.45, 2.75) is 30.1 Å². The number of anilines is 2. The molecule has 6 rings (SSSR count). The standard InChI is InChI=1S/C29H25N3O4S/c30-37(35,36)25-15-11-23(12-16-25)29(34)26-7-3-4-8-27(26)32(28(29)33)17-20-9-13-24(14-10-20)31-18-21-5-1-2-6-22(21)19-31/h1-16,34H,17-19H2,(H2,30,35,36). The molecule has 0 aromatic heterocycles. The third-order valence-electron chi connectivity index (χ3n) is 7.22. The number of nitrogens with two attached hydrogens (primary N) is 1. The van der Waals surface area contributed by atoms with Crippen LogP contribution in [0.15, 0.2) is 102 Å². The fourth-order valence-electron chi connectivity index (χ4n) is 5.27. The molecule has 0 fully saturated rings. The van der Waals surface area contributed by atoms with Crippen molar-refractivity contribution in [2.75, 3.05) is 9.80 Å². The van der Waals surface area contributed by atoms with E-state index in [4.69, 9.17) is 5.14 Å². The topological polar surface area (TPSA) is 104 Å². The molecule has 37 heavy (non-hydrogen) atoms. The Kier molecular flexibility index (Phi) is 5.41. The lowest BCUT2D eigenvalue weighted by molar-refractivity contribution is -0.132. The Bertz CT molecular complexity index is 1590. The van der Waals surface area contributed by atoms with Gasteiger partial charge in [-0.05, 0) is 52.6 Å². The van der Waals surface area contributed by atoms with E-state index in [0.717, 1.165) is 24.3 Å². The van der Waals surface area contributed by atoms with Crippen molar-refractivity contribution in [3.63, 3.8) is 0 Å².